The number of rotatable bonds is 2. The molecule has 0 bridgehead atoms. The van der Waals surface area contributed by atoms with E-state index >= 15 is 0 Å². The summed E-state index contributed by atoms with van der Waals surface area (Å²) in [6, 6.07) is 12.1. The van der Waals surface area contributed by atoms with Gasteiger partial charge in [0.25, 0.3) is 5.91 Å². The van der Waals surface area contributed by atoms with Gasteiger partial charge in [-0.1, -0.05) is 15.9 Å². The highest BCUT2D eigenvalue weighted by molar-refractivity contribution is 9.10. The summed E-state index contributed by atoms with van der Waals surface area (Å²) < 4.78 is 0.884. The SMILES string of the molecule is Cc1cc(Br)cc(C(=O)N(C)c2ccc(O)cc2)c1. The van der Waals surface area contributed by atoms with Gasteiger partial charge in [0.1, 0.15) is 5.75 Å². The van der Waals surface area contributed by atoms with Gasteiger partial charge < -0.3 is 10.0 Å². The van der Waals surface area contributed by atoms with Crippen molar-refractivity contribution in [1.29, 1.82) is 0 Å². The molecular weight excluding hydrogens is 306 g/mol. The van der Waals surface area contributed by atoms with Crippen LogP contribution in [0.5, 0.6) is 5.75 Å². The van der Waals surface area contributed by atoms with Gasteiger partial charge in [0.2, 0.25) is 0 Å². The molecule has 0 heterocycles. The lowest BCUT2D eigenvalue weighted by atomic mass is 10.1. The molecule has 0 radical (unpaired) electrons. The minimum atomic E-state index is -0.0879. The number of anilines is 1. The molecule has 0 unspecified atom stereocenters. The Morgan fingerprint density at radius 2 is 1.79 bits per heavy atom. The molecule has 1 amide bonds. The standard InChI is InChI=1S/C15H14BrNO2/c1-10-7-11(9-12(16)8-10)15(19)17(2)13-3-5-14(18)6-4-13/h3-9,18H,1-2H3. The van der Waals surface area contributed by atoms with Crippen molar-refractivity contribution in [1.82, 2.24) is 0 Å². The van der Waals surface area contributed by atoms with Crippen molar-refractivity contribution in [2.24, 2.45) is 0 Å². The van der Waals surface area contributed by atoms with Gasteiger partial charge in [0.05, 0.1) is 0 Å². The maximum Gasteiger partial charge on any atom is 0.258 e. The average Bonchev–Trinajstić information content (AvgIpc) is 2.37. The molecular formula is C15H14BrNO2. The van der Waals surface area contributed by atoms with E-state index in [2.05, 4.69) is 15.9 Å². The lowest BCUT2D eigenvalue weighted by Gasteiger charge is -2.18. The van der Waals surface area contributed by atoms with Crippen LogP contribution in [0.3, 0.4) is 0 Å². The minimum Gasteiger partial charge on any atom is -0.508 e. The maximum atomic E-state index is 12.4. The van der Waals surface area contributed by atoms with Crippen LogP contribution in [0.4, 0.5) is 5.69 Å². The van der Waals surface area contributed by atoms with Crippen LogP contribution >= 0.6 is 15.9 Å². The number of carbonyl (C=O) groups is 1. The van der Waals surface area contributed by atoms with Crippen molar-refractivity contribution < 1.29 is 9.90 Å². The van der Waals surface area contributed by atoms with E-state index in [1.807, 2.05) is 19.1 Å². The normalized spacial score (nSPS) is 10.3. The molecule has 4 heteroatoms. The third-order valence-corrected chi connectivity index (χ3v) is 3.29. The molecule has 2 aromatic carbocycles. The van der Waals surface area contributed by atoms with Gasteiger partial charge in [-0.2, -0.15) is 0 Å². The molecule has 0 spiro atoms. The Labute approximate surface area is 120 Å². The average molecular weight is 320 g/mol. The molecule has 0 aliphatic heterocycles. The summed E-state index contributed by atoms with van der Waals surface area (Å²) in [4.78, 5) is 13.9. The fourth-order valence-electron chi connectivity index (χ4n) is 1.85. The van der Waals surface area contributed by atoms with Crippen LogP contribution in [-0.4, -0.2) is 18.1 Å². The molecule has 19 heavy (non-hydrogen) atoms. The second-order valence-electron chi connectivity index (χ2n) is 4.40. The van der Waals surface area contributed by atoms with Gasteiger partial charge >= 0.3 is 0 Å². The maximum absolute atomic E-state index is 12.4. The Morgan fingerprint density at radius 1 is 1.16 bits per heavy atom. The third kappa shape index (κ3) is 3.15. The molecule has 2 aromatic rings. The van der Waals surface area contributed by atoms with Crippen LogP contribution in [0.2, 0.25) is 0 Å². The van der Waals surface area contributed by atoms with E-state index in [1.165, 1.54) is 0 Å². The second-order valence-corrected chi connectivity index (χ2v) is 5.31. The Kier molecular flexibility index (Phi) is 3.90. The van der Waals surface area contributed by atoms with Crippen LogP contribution in [0.15, 0.2) is 46.9 Å². The summed E-state index contributed by atoms with van der Waals surface area (Å²) in [5.41, 5.74) is 2.39. The Balaban J connectivity index is 2.30. The molecule has 0 aliphatic carbocycles. The van der Waals surface area contributed by atoms with Gasteiger partial charge in [0.15, 0.2) is 0 Å². The monoisotopic (exact) mass is 319 g/mol. The zero-order valence-electron chi connectivity index (χ0n) is 10.7. The number of phenols is 1. The molecule has 3 nitrogen and oxygen atoms in total. The summed E-state index contributed by atoms with van der Waals surface area (Å²) in [6.07, 6.45) is 0. The number of aromatic hydroxyl groups is 1. The number of nitrogens with zero attached hydrogens (tertiary/aromatic N) is 1. The summed E-state index contributed by atoms with van der Waals surface area (Å²) in [5.74, 6) is 0.0954. The highest BCUT2D eigenvalue weighted by atomic mass is 79.9. The number of aryl methyl sites for hydroxylation is 1. The fourth-order valence-corrected chi connectivity index (χ4v) is 2.45. The first-order chi connectivity index (χ1) is 8.97. The summed E-state index contributed by atoms with van der Waals surface area (Å²) in [5, 5.41) is 9.26. The smallest absolute Gasteiger partial charge is 0.258 e. The Hall–Kier alpha value is -1.81. The number of phenolic OH excluding ortho intramolecular Hbond substituents is 1. The number of hydrogen-bond acceptors (Lipinski definition) is 2. The van der Waals surface area contributed by atoms with E-state index in [0.717, 1.165) is 15.7 Å². The van der Waals surface area contributed by atoms with Crippen molar-refractivity contribution in [2.45, 2.75) is 6.92 Å². The van der Waals surface area contributed by atoms with E-state index in [1.54, 1.807) is 42.3 Å². The van der Waals surface area contributed by atoms with E-state index in [0.29, 0.717) is 5.56 Å². The molecule has 0 aromatic heterocycles. The van der Waals surface area contributed by atoms with Crippen LogP contribution in [-0.2, 0) is 0 Å². The van der Waals surface area contributed by atoms with E-state index in [-0.39, 0.29) is 11.7 Å². The van der Waals surface area contributed by atoms with Crippen LogP contribution < -0.4 is 4.90 Å². The highest BCUT2D eigenvalue weighted by Crippen LogP contribution is 2.21. The molecule has 2 rings (SSSR count). The Bertz CT molecular complexity index is 588. The predicted octanol–water partition coefficient (Wildman–Crippen LogP) is 3.74. The van der Waals surface area contributed by atoms with Crippen molar-refractivity contribution in [3.05, 3.63) is 58.1 Å². The largest absolute Gasteiger partial charge is 0.508 e. The van der Waals surface area contributed by atoms with Gasteiger partial charge in [-0.3, -0.25) is 4.79 Å². The van der Waals surface area contributed by atoms with E-state index in [4.69, 9.17) is 0 Å². The number of amides is 1. The second kappa shape index (κ2) is 5.45. The van der Waals surface area contributed by atoms with Crippen molar-refractivity contribution in [2.75, 3.05) is 11.9 Å². The van der Waals surface area contributed by atoms with Gasteiger partial charge in [-0.05, 0) is 55.0 Å². The van der Waals surface area contributed by atoms with Crippen molar-refractivity contribution in [3.8, 4) is 5.75 Å². The lowest BCUT2D eigenvalue weighted by Crippen LogP contribution is -2.26. The predicted molar refractivity (Wildman–Crippen MR) is 79.7 cm³/mol. The molecule has 98 valence electrons. The third-order valence-electron chi connectivity index (χ3n) is 2.83. The van der Waals surface area contributed by atoms with Crippen molar-refractivity contribution in [3.63, 3.8) is 0 Å². The summed E-state index contributed by atoms with van der Waals surface area (Å²) in [6.45, 7) is 1.95. The van der Waals surface area contributed by atoms with Crippen LogP contribution in [0, 0.1) is 6.92 Å². The molecule has 0 atom stereocenters. The van der Waals surface area contributed by atoms with Gasteiger partial charge in [-0.25, -0.2) is 0 Å². The van der Waals surface area contributed by atoms with E-state index < -0.39 is 0 Å². The zero-order chi connectivity index (χ0) is 14.0. The molecule has 0 aliphatic rings. The quantitative estimate of drug-likeness (QED) is 0.916. The van der Waals surface area contributed by atoms with Crippen LogP contribution in [0.25, 0.3) is 0 Å². The topological polar surface area (TPSA) is 40.5 Å². The number of carbonyl (C=O) groups excluding carboxylic acids is 1. The summed E-state index contributed by atoms with van der Waals surface area (Å²) in [7, 11) is 1.71. The van der Waals surface area contributed by atoms with Crippen molar-refractivity contribution >= 4 is 27.5 Å². The molecule has 0 saturated carbocycles. The van der Waals surface area contributed by atoms with Gasteiger partial charge in [-0.15, -0.1) is 0 Å². The van der Waals surface area contributed by atoms with Crippen LogP contribution in [0.1, 0.15) is 15.9 Å². The Morgan fingerprint density at radius 3 is 2.37 bits per heavy atom. The molecule has 1 N–H and O–H groups in total. The van der Waals surface area contributed by atoms with Gasteiger partial charge in [0, 0.05) is 22.8 Å². The number of halogens is 1. The first kappa shape index (κ1) is 13.6. The number of hydrogen-bond donors (Lipinski definition) is 1. The first-order valence-corrected chi connectivity index (χ1v) is 6.61. The summed E-state index contributed by atoms with van der Waals surface area (Å²) >= 11 is 3.39. The highest BCUT2D eigenvalue weighted by Gasteiger charge is 2.14. The lowest BCUT2D eigenvalue weighted by molar-refractivity contribution is 0.0993. The number of benzene rings is 2. The molecule has 0 fully saturated rings. The first-order valence-electron chi connectivity index (χ1n) is 5.81. The zero-order valence-corrected chi connectivity index (χ0v) is 12.3. The molecule has 0 saturated heterocycles. The van der Waals surface area contributed by atoms with E-state index in [9.17, 15) is 9.90 Å². The minimum absolute atomic E-state index is 0.0879. The fraction of sp³-hybridized carbons (Fsp3) is 0.133.